The van der Waals surface area contributed by atoms with Crippen LogP contribution in [0.5, 0.6) is 0 Å². The lowest BCUT2D eigenvalue weighted by molar-refractivity contribution is -0.114. The summed E-state index contributed by atoms with van der Waals surface area (Å²) < 4.78 is 0. The summed E-state index contributed by atoms with van der Waals surface area (Å²) in [5.74, 6) is -0.673. The minimum atomic E-state index is -0.351. The van der Waals surface area contributed by atoms with Gasteiger partial charge in [0, 0.05) is 4.88 Å². The van der Waals surface area contributed by atoms with E-state index in [1.807, 2.05) is 13.8 Å². The number of amides is 2. The van der Waals surface area contributed by atoms with E-state index in [0.717, 1.165) is 10.6 Å². The van der Waals surface area contributed by atoms with Gasteiger partial charge in [0.1, 0.15) is 0 Å². The first kappa shape index (κ1) is 15.1. The van der Waals surface area contributed by atoms with E-state index in [1.165, 1.54) is 11.3 Å². The zero-order valence-electron chi connectivity index (χ0n) is 11.8. The molecular formula is C14H16N4O2S. The fourth-order valence-electron chi connectivity index (χ4n) is 1.68. The lowest BCUT2D eigenvalue weighted by Gasteiger charge is -2.09. The van der Waals surface area contributed by atoms with Crippen LogP contribution in [-0.4, -0.2) is 23.3 Å². The second kappa shape index (κ2) is 6.47. The smallest absolute Gasteiger partial charge is 0.259 e. The molecule has 0 aliphatic rings. The summed E-state index contributed by atoms with van der Waals surface area (Å²) in [6, 6.07) is 6.75. The largest absolute Gasteiger partial charge is 0.324 e. The maximum Gasteiger partial charge on any atom is 0.259 e. The number of aryl methyl sites for hydroxylation is 2. The molecule has 4 N–H and O–H groups in total. The van der Waals surface area contributed by atoms with E-state index in [4.69, 9.17) is 5.73 Å². The zero-order chi connectivity index (χ0) is 15.4. The molecule has 0 saturated heterocycles. The molecule has 7 heteroatoms. The molecule has 2 amide bonds. The standard InChI is InChI=1S/C14H16N4O2S/c1-8-9(2)21-14(16-8)18-13(20)10-5-3-4-6-11(10)17-12(19)7-15/h3-6H,7,15H2,1-2H3,(H,17,19)(H,16,18,20). The van der Waals surface area contributed by atoms with Crippen LogP contribution >= 0.6 is 11.3 Å². The Morgan fingerprint density at radius 3 is 2.57 bits per heavy atom. The third-order valence-electron chi connectivity index (χ3n) is 2.88. The van der Waals surface area contributed by atoms with Crippen LogP contribution in [0.4, 0.5) is 10.8 Å². The van der Waals surface area contributed by atoms with Crippen molar-refractivity contribution in [2.24, 2.45) is 5.73 Å². The van der Waals surface area contributed by atoms with Crippen LogP contribution in [0.25, 0.3) is 0 Å². The number of carbonyl (C=O) groups is 2. The summed E-state index contributed by atoms with van der Waals surface area (Å²) in [7, 11) is 0. The van der Waals surface area contributed by atoms with Gasteiger partial charge in [-0.25, -0.2) is 4.98 Å². The molecule has 0 aliphatic heterocycles. The van der Waals surface area contributed by atoms with Crippen molar-refractivity contribution >= 4 is 34.0 Å². The first-order valence-electron chi connectivity index (χ1n) is 6.35. The monoisotopic (exact) mass is 304 g/mol. The number of nitrogens with two attached hydrogens (primary N) is 1. The van der Waals surface area contributed by atoms with E-state index in [1.54, 1.807) is 24.3 Å². The lowest BCUT2D eigenvalue weighted by Crippen LogP contribution is -2.24. The highest BCUT2D eigenvalue weighted by Gasteiger charge is 2.14. The van der Waals surface area contributed by atoms with Crippen LogP contribution in [0, 0.1) is 13.8 Å². The van der Waals surface area contributed by atoms with Gasteiger partial charge in [0.25, 0.3) is 5.91 Å². The summed E-state index contributed by atoms with van der Waals surface area (Å²) in [5.41, 5.74) is 6.95. The van der Waals surface area contributed by atoms with E-state index in [2.05, 4.69) is 15.6 Å². The van der Waals surface area contributed by atoms with Crippen LogP contribution in [-0.2, 0) is 4.79 Å². The molecule has 0 fully saturated rings. The van der Waals surface area contributed by atoms with Gasteiger partial charge < -0.3 is 11.1 Å². The van der Waals surface area contributed by atoms with Gasteiger partial charge in [0.2, 0.25) is 5.91 Å². The highest BCUT2D eigenvalue weighted by atomic mass is 32.1. The van der Waals surface area contributed by atoms with Gasteiger partial charge in [0.15, 0.2) is 5.13 Å². The molecule has 6 nitrogen and oxygen atoms in total. The lowest BCUT2D eigenvalue weighted by atomic mass is 10.1. The summed E-state index contributed by atoms with van der Waals surface area (Å²) in [5, 5.41) is 5.88. The van der Waals surface area contributed by atoms with Crippen LogP contribution in [0.15, 0.2) is 24.3 Å². The minimum absolute atomic E-state index is 0.138. The molecule has 0 bridgehead atoms. The third kappa shape index (κ3) is 3.65. The van der Waals surface area contributed by atoms with Gasteiger partial charge in [-0.3, -0.25) is 14.9 Å². The number of hydrogen-bond acceptors (Lipinski definition) is 5. The predicted octanol–water partition coefficient (Wildman–Crippen LogP) is 1.91. The summed E-state index contributed by atoms with van der Waals surface area (Å²) in [6.45, 7) is 3.69. The number of para-hydroxylation sites is 1. The first-order valence-corrected chi connectivity index (χ1v) is 7.17. The van der Waals surface area contributed by atoms with Crippen molar-refractivity contribution in [3.63, 3.8) is 0 Å². The van der Waals surface area contributed by atoms with Gasteiger partial charge >= 0.3 is 0 Å². The summed E-state index contributed by atoms with van der Waals surface area (Å²) >= 11 is 1.41. The molecule has 1 aromatic carbocycles. The Morgan fingerprint density at radius 2 is 1.95 bits per heavy atom. The SMILES string of the molecule is Cc1nc(NC(=O)c2ccccc2NC(=O)CN)sc1C. The number of rotatable bonds is 4. The molecular weight excluding hydrogens is 288 g/mol. The highest BCUT2D eigenvalue weighted by Crippen LogP contribution is 2.23. The number of carbonyl (C=O) groups excluding carboxylic acids is 2. The maximum atomic E-state index is 12.3. The molecule has 0 saturated carbocycles. The average molecular weight is 304 g/mol. The van der Waals surface area contributed by atoms with Gasteiger partial charge in [0.05, 0.1) is 23.5 Å². The quantitative estimate of drug-likeness (QED) is 0.803. The summed E-state index contributed by atoms with van der Waals surface area (Å²) in [6.07, 6.45) is 0. The van der Waals surface area contributed by atoms with Gasteiger partial charge in [-0.2, -0.15) is 0 Å². The Kier molecular flexibility index (Phi) is 4.66. The number of nitrogens with one attached hydrogen (secondary N) is 2. The molecule has 0 spiro atoms. The normalized spacial score (nSPS) is 10.2. The molecule has 110 valence electrons. The van der Waals surface area contributed by atoms with Crippen LogP contribution < -0.4 is 16.4 Å². The zero-order valence-corrected chi connectivity index (χ0v) is 12.6. The Hall–Kier alpha value is -2.25. The van der Waals surface area contributed by atoms with E-state index in [0.29, 0.717) is 16.4 Å². The molecule has 0 aliphatic carbocycles. The molecule has 0 radical (unpaired) electrons. The van der Waals surface area contributed by atoms with Crippen LogP contribution in [0.2, 0.25) is 0 Å². The number of hydrogen-bond donors (Lipinski definition) is 3. The molecule has 1 aromatic heterocycles. The molecule has 1 heterocycles. The number of anilines is 2. The van der Waals surface area contributed by atoms with Crippen LogP contribution in [0.1, 0.15) is 20.9 Å². The van der Waals surface area contributed by atoms with Crippen molar-refractivity contribution < 1.29 is 9.59 Å². The van der Waals surface area contributed by atoms with E-state index >= 15 is 0 Å². The Labute approximate surface area is 126 Å². The van der Waals surface area contributed by atoms with Crippen molar-refractivity contribution in [3.05, 3.63) is 40.4 Å². The second-order valence-electron chi connectivity index (χ2n) is 4.41. The van der Waals surface area contributed by atoms with Crippen LogP contribution in [0.3, 0.4) is 0 Å². The predicted molar refractivity (Wildman–Crippen MR) is 83.7 cm³/mol. The summed E-state index contributed by atoms with van der Waals surface area (Å²) in [4.78, 5) is 29.0. The van der Waals surface area contributed by atoms with Gasteiger partial charge in [-0.1, -0.05) is 12.1 Å². The average Bonchev–Trinajstić information content (AvgIpc) is 2.77. The molecule has 2 rings (SSSR count). The Balaban J connectivity index is 2.20. The van der Waals surface area contributed by atoms with Crippen molar-refractivity contribution in [3.8, 4) is 0 Å². The van der Waals surface area contributed by atoms with E-state index in [9.17, 15) is 9.59 Å². The van der Waals surface area contributed by atoms with Gasteiger partial charge in [-0.15, -0.1) is 11.3 Å². The van der Waals surface area contributed by atoms with Gasteiger partial charge in [-0.05, 0) is 26.0 Å². The fraction of sp³-hybridized carbons (Fsp3) is 0.214. The third-order valence-corrected chi connectivity index (χ3v) is 3.87. The minimum Gasteiger partial charge on any atom is -0.324 e. The molecule has 0 atom stereocenters. The van der Waals surface area contributed by atoms with Crippen molar-refractivity contribution in [1.82, 2.24) is 4.98 Å². The number of benzene rings is 1. The first-order chi connectivity index (χ1) is 10.0. The fourth-order valence-corrected chi connectivity index (χ4v) is 2.49. The molecule has 21 heavy (non-hydrogen) atoms. The molecule has 2 aromatic rings. The van der Waals surface area contributed by atoms with E-state index in [-0.39, 0.29) is 18.4 Å². The number of nitrogens with zero attached hydrogens (tertiary/aromatic N) is 1. The van der Waals surface area contributed by atoms with Crippen molar-refractivity contribution in [2.75, 3.05) is 17.2 Å². The van der Waals surface area contributed by atoms with Crippen molar-refractivity contribution in [1.29, 1.82) is 0 Å². The Bertz CT molecular complexity index is 662. The topological polar surface area (TPSA) is 97.1 Å². The number of thiazole rings is 1. The maximum absolute atomic E-state index is 12.3. The second-order valence-corrected chi connectivity index (χ2v) is 5.62. The molecule has 0 unspecified atom stereocenters. The van der Waals surface area contributed by atoms with E-state index < -0.39 is 0 Å². The van der Waals surface area contributed by atoms with Crippen molar-refractivity contribution in [2.45, 2.75) is 13.8 Å². The Morgan fingerprint density at radius 1 is 1.24 bits per heavy atom. The number of aromatic nitrogens is 1. The highest BCUT2D eigenvalue weighted by molar-refractivity contribution is 7.15.